The van der Waals surface area contributed by atoms with Crippen LogP contribution in [0.25, 0.3) is 0 Å². The molecule has 0 spiro atoms. The van der Waals surface area contributed by atoms with Crippen LogP contribution in [0.15, 0.2) is 12.1 Å². The maximum Gasteiger partial charge on any atom is 0.128 e. The molecule has 0 bridgehead atoms. The Hall–Kier alpha value is -0.730. The van der Waals surface area contributed by atoms with Crippen LogP contribution in [0.2, 0.25) is 5.02 Å². The van der Waals surface area contributed by atoms with Gasteiger partial charge in [-0.05, 0) is 36.5 Å². The number of ether oxygens (including phenoxy) is 1. The van der Waals surface area contributed by atoms with Crippen LogP contribution in [0.5, 0.6) is 5.75 Å². The summed E-state index contributed by atoms with van der Waals surface area (Å²) in [6.45, 7) is 5.01. The first kappa shape index (κ1) is 12.7. The molecule has 1 aromatic rings. The summed E-state index contributed by atoms with van der Waals surface area (Å²) >= 11 is 6.07. The summed E-state index contributed by atoms with van der Waals surface area (Å²) in [6, 6.07) is 3.76. The number of hydrogen-bond donors (Lipinski definition) is 1. The minimum absolute atomic E-state index is 0.469. The Morgan fingerprint density at radius 1 is 1.35 bits per heavy atom. The highest BCUT2D eigenvalue weighted by atomic mass is 35.5. The van der Waals surface area contributed by atoms with Gasteiger partial charge in [-0.2, -0.15) is 0 Å². The Morgan fingerprint density at radius 2 is 2.12 bits per heavy atom. The second-order valence-corrected chi connectivity index (χ2v) is 5.51. The van der Waals surface area contributed by atoms with Gasteiger partial charge in [0.15, 0.2) is 0 Å². The number of fused-ring (bicyclic) bond motifs is 1. The van der Waals surface area contributed by atoms with Crippen molar-refractivity contribution in [2.75, 3.05) is 6.61 Å². The van der Waals surface area contributed by atoms with E-state index in [0.717, 1.165) is 36.1 Å². The molecule has 1 unspecified atom stereocenters. The standard InChI is InChI=1S/C14H19ClO2/c1-9(2)3-4-13(16)12-8-11(15)7-10-5-6-17-14(10)12/h7-9,13,16H,3-6H2,1-2H3. The molecule has 0 aliphatic carbocycles. The molecule has 1 atom stereocenters. The molecule has 17 heavy (non-hydrogen) atoms. The number of aliphatic hydroxyl groups is 1. The second kappa shape index (κ2) is 5.28. The monoisotopic (exact) mass is 254 g/mol. The fourth-order valence-corrected chi connectivity index (χ4v) is 2.44. The first-order valence-corrected chi connectivity index (χ1v) is 6.59. The van der Waals surface area contributed by atoms with Crippen molar-refractivity contribution in [1.82, 2.24) is 0 Å². The minimum Gasteiger partial charge on any atom is -0.493 e. The largest absolute Gasteiger partial charge is 0.493 e. The van der Waals surface area contributed by atoms with E-state index in [4.69, 9.17) is 16.3 Å². The molecule has 0 aromatic heterocycles. The van der Waals surface area contributed by atoms with Gasteiger partial charge in [0.25, 0.3) is 0 Å². The number of benzene rings is 1. The Labute approximate surface area is 108 Å². The summed E-state index contributed by atoms with van der Waals surface area (Å²) in [4.78, 5) is 0. The van der Waals surface area contributed by atoms with Crippen molar-refractivity contribution in [3.8, 4) is 5.75 Å². The number of aliphatic hydroxyl groups excluding tert-OH is 1. The minimum atomic E-state index is -0.469. The zero-order valence-corrected chi connectivity index (χ0v) is 11.1. The van der Waals surface area contributed by atoms with Gasteiger partial charge < -0.3 is 9.84 Å². The summed E-state index contributed by atoms with van der Waals surface area (Å²) in [5, 5.41) is 10.9. The molecule has 0 fully saturated rings. The third-order valence-electron chi connectivity index (χ3n) is 3.15. The average Bonchev–Trinajstić information content (AvgIpc) is 2.72. The Bertz CT molecular complexity index is 401. The van der Waals surface area contributed by atoms with E-state index in [2.05, 4.69) is 13.8 Å². The van der Waals surface area contributed by atoms with Crippen molar-refractivity contribution in [3.05, 3.63) is 28.3 Å². The molecular weight excluding hydrogens is 236 g/mol. The van der Waals surface area contributed by atoms with Crippen LogP contribution in [0, 0.1) is 5.92 Å². The van der Waals surface area contributed by atoms with Crippen molar-refractivity contribution < 1.29 is 9.84 Å². The van der Waals surface area contributed by atoms with Crippen LogP contribution in [-0.4, -0.2) is 11.7 Å². The molecule has 2 rings (SSSR count). The van der Waals surface area contributed by atoms with E-state index in [1.54, 1.807) is 0 Å². The van der Waals surface area contributed by atoms with Crippen molar-refractivity contribution in [1.29, 1.82) is 0 Å². The van der Waals surface area contributed by atoms with Crippen molar-refractivity contribution in [3.63, 3.8) is 0 Å². The molecule has 0 saturated carbocycles. The quantitative estimate of drug-likeness (QED) is 0.887. The summed E-state index contributed by atoms with van der Waals surface area (Å²) < 4.78 is 5.59. The topological polar surface area (TPSA) is 29.5 Å². The van der Waals surface area contributed by atoms with Gasteiger partial charge >= 0.3 is 0 Å². The van der Waals surface area contributed by atoms with Gasteiger partial charge in [-0.15, -0.1) is 0 Å². The van der Waals surface area contributed by atoms with E-state index in [9.17, 15) is 5.11 Å². The first-order valence-electron chi connectivity index (χ1n) is 6.21. The lowest BCUT2D eigenvalue weighted by Gasteiger charge is -2.16. The van der Waals surface area contributed by atoms with Gasteiger partial charge in [0.05, 0.1) is 12.7 Å². The molecule has 1 aromatic carbocycles. The lowest BCUT2D eigenvalue weighted by molar-refractivity contribution is 0.155. The number of hydrogen-bond acceptors (Lipinski definition) is 2. The van der Waals surface area contributed by atoms with E-state index in [1.807, 2.05) is 12.1 Å². The van der Waals surface area contributed by atoms with Crippen LogP contribution in [0.3, 0.4) is 0 Å². The Kier molecular flexibility index (Phi) is 3.95. The summed E-state index contributed by atoms with van der Waals surface area (Å²) in [6.07, 6.45) is 2.18. The first-order chi connectivity index (χ1) is 8.08. The molecule has 3 heteroatoms. The SMILES string of the molecule is CC(C)CCC(O)c1cc(Cl)cc2c1OCC2. The molecule has 0 saturated heterocycles. The molecule has 1 aliphatic heterocycles. The fraction of sp³-hybridized carbons (Fsp3) is 0.571. The van der Waals surface area contributed by atoms with Gasteiger partial charge in [-0.25, -0.2) is 0 Å². The predicted molar refractivity (Wildman–Crippen MR) is 69.7 cm³/mol. The van der Waals surface area contributed by atoms with Crippen LogP contribution in [0.1, 0.15) is 43.9 Å². The van der Waals surface area contributed by atoms with Crippen LogP contribution in [-0.2, 0) is 6.42 Å². The van der Waals surface area contributed by atoms with E-state index < -0.39 is 6.10 Å². The lowest BCUT2D eigenvalue weighted by atomic mass is 9.97. The van der Waals surface area contributed by atoms with Crippen molar-refractivity contribution >= 4 is 11.6 Å². The average molecular weight is 255 g/mol. The zero-order chi connectivity index (χ0) is 12.4. The molecular formula is C14H19ClO2. The predicted octanol–water partition coefficient (Wildman–Crippen LogP) is 3.74. The zero-order valence-electron chi connectivity index (χ0n) is 10.4. The lowest BCUT2D eigenvalue weighted by Crippen LogP contribution is -2.02. The van der Waals surface area contributed by atoms with Gasteiger partial charge in [0, 0.05) is 17.0 Å². The van der Waals surface area contributed by atoms with E-state index in [0.29, 0.717) is 17.5 Å². The maximum absolute atomic E-state index is 10.2. The highest BCUT2D eigenvalue weighted by Gasteiger charge is 2.22. The smallest absolute Gasteiger partial charge is 0.128 e. The third kappa shape index (κ3) is 2.93. The maximum atomic E-state index is 10.2. The van der Waals surface area contributed by atoms with Crippen LogP contribution in [0.4, 0.5) is 0 Å². The molecule has 1 aliphatic rings. The normalized spacial score (nSPS) is 15.8. The Balaban J connectivity index is 2.20. The van der Waals surface area contributed by atoms with Crippen molar-refractivity contribution in [2.45, 2.75) is 39.2 Å². The molecule has 2 nitrogen and oxygen atoms in total. The van der Waals surface area contributed by atoms with Crippen molar-refractivity contribution in [2.24, 2.45) is 5.92 Å². The second-order valence-electron chi connectivity index (χ2n) is 5.07. The number of rotatable bonds is 4. The van der Waals surface area contributed by atoms with Gasteiger partial charge in [-0.3, -0.25) is 0 Å². The summed E-state index contributed by atoms with van der Waals surface area (Å²) in [5.74, 6) is 1.45. The molecule has 1 N–H and O–H groups in total. The molecule has 1 heterocycles. The molecule has 0 amide bonds. The fourth-order valence-electron chi connectivity index (χ4n) is 2.19. The third-order valence-corrected chi connectivity index (χ3v) is 3.37. The Morgan fingerprint density at radius 3 is 2.82 bits per heavy atom. The number of halogens is 1. The van der Waals surface area contributed by atoms with E-state index in [1.165, 1.54) is 0 Å². The highest BCUT2D eigenvalue weighted by molar-refractivity contribution is 6.30. The molecule has 94 valence electrons. The van der Waals surface area contributed by atoms with Crippen LogP contribution < -0.4 is 4.74 Å². The van der Waals surface area contributed by atoms with Crippen LogP contribution >= 0.6 is 11.6 Å². The summed E-state index contributed by atoms with van der Waals surface area (Å²) in [7, 11) is 0. The highest BCUT2D eigenvalue weighted by Crippen LogP contribution is 2.37. The van der Waals surface area contributed by atoms with Gasteiger partial charge in [0.1, 0.15) is 5.75 Å². The molecule has 0 radical (unpaired) electrons. The van der Waals surface area contributed by atoms with Gasteiger partial charge in [-0.1, -0.05) is 25.4 Å². The van der Waals surface area contributed by atoms with Gasteiger partial charge in [0.2, 0.25) is 0 Å². The van der Waals surface area contributed by atoms with E-state index in [-0.39, 0.29) is 0 Å². The summed E-state index contributed by atoms with van der Waals surface area (Å²) in [5.41, 5.74) is 1.97. The van der Waals surface area contributed by atoms with E-state index >= 15 is 0 Å².